The Bertz CT molecular complexity index is 46.1. The third kappa shape index (κ3) is 4.20. The van der Waals surface area contributed by atoms with Gasteiger partial charge in [0.05, 0.1) is 0 Å². The second-order valence-electron chi connectivity index (χ2n) is 0.621. The Labute approximate surface area is 50.7 Å². The van der Waals surface area contributed by atoms with E-state index in [0.717, 1.165) is 0 Å². The Morgan fingerprint density at radius 2 is 2.67 bits per heavy atom. The smallest absolute Gasteiger partial charge is 0.114 e. The van der Waals surface area contributed by atoms with E-state index in [2.05, 4.69) is 9.99 Å². The van der Waals surface area contributed by atoms with E-state index in [1.54, 1.807) is 4.22 Å². The van der Waals surface area contributed by atoms with Gasteiger partial charge in [-0.3, -0.25) is 0 Å². The molecule has 0 unspecified atom stereocenters. The van der Waals surface area contributed by atoms with Crippen LogP contribution in [0, 0.1) is 0 Å². The molecule has 0 N–H and O–H groups in total. The van der Waals surface area contributed by atoms with Crippen molar-refractivity contribution >= 4 is 26.8 Å². The van der Waals surface area contributed by atoms with Gasteiger partial charge in [0.2, 0.25) is 0 Å². The molecule has 3 heteroatoms. The molecule has 0 heterocycles. The van der Waals surface area contributed by atoms with Gasteiger partial charge in [-0.25, -0.2) is 0 Å². The molecular weight excluding hydrogens is 193 g/mol. The molecule has 0 aliphatic carbocycles. The van der Waals surface area contributed by atoms with Crippen molar-refractivity contribution in [1.82, 2.24) is 0 Å². The Hall–Kier alpha value is 0.200. The first kappa shape index (κ1) is 6.20. The van der Waals surface area contributed by atoms with E-state index in [0.29, 0.717) is 6.61 Å². The summed E-state index contributed by atoms with van der Waals surface area (Å²) in [6, 6.07) is 0. The van der Waals surface area contributed by atoms with Gasteiger partial charge >= 0.3 is 0 Å². The molecule has 2 nitrogen and oxygen atoms in total. The third-order valence-corrected chi connectivity index (χ3v) is 0.471. The summed E-state index contributed by atoms with van der Waals surface area (Å²) in [4.78, 5) is 4.54. The van der Waals surface area contributed by atoms with Gasteiger partial charge in [0.1, 0.15) is 10.8 Å². The van der Waals surface area contributed by atoms with Crippen molar-refractivity contribution < 1.29 is 4.84 Å². The van der Waals surface area contributed by atoms with Crippen LogP contribution in [-0.2, 0) is 4.84 Å². The lowest BCUT2D eigenvalue weighted by atomic mass is 10.9. The lowest BCUT2D eigenvalue weighted by Crippen LogP contribution is -1.74. The Morgan fingerprint density at radius 3 is 2.83 bits per heavy atom. The molecule has 0 bridgehead atoms. The molecule has 0 aromatic heterocycles. The summed E-state index contributed by atoms with van der Waals surface area (Å²) in [5, 5.41) is 3.45. The van der Waals surface area contributed by atoms with E-state index in [-0.39, 0.29) is 0 Å². The first-order chi connectivity index (χ1) is 2.91. The summed E-state index contributed by atoms with van der Waals surface area (Å²) < 4.78 is 1.58. The summed E-state index contributed by atoms with van der Waals surface area (Å²) in [7, 11) is 0. The molecule has 0 aliphatic heterocycles. The lowest BCUT2D eigenvalue weighted by molar-refractivity contribution is 0.161. The standard InChI is InChI=1S/C3H6INO/c1-2-6-5-3-4/h3H,2H2,1H3/b5-3+. The van der Waals surface area contributed by atoms with Gasteiger partial charge in [0.15, 0.2) is 0 Å². The normalized spacial score (nSPS) is 9.67. The van der Waals surface area contributed by atoms with Crippen LogP contribution in [0.4, 0.5) is 0 Å². The van der Waals surface area contributed by atoms with Crippen molar-refractivity contribution in [3.05, 3.63) is 0 Å². The number of halogens is 1. The average Bonchev–Trinajstić information content (AvgIpc) is 1.61. The van der Waals surface area contributed by atoms with Crippen LogP contribution in [0.25, 0.3) is 0 Å². The third-order valence-electron chi connectivity index (χ3n) is 0.243. The van der Waals surface area contributed by atoms with Crippen LogP contribution in [0.3, 0.4) is 0 Å². The van der Waals surface area contributed by atoms with Crippen molar-refractivity contribution in [2.45, 2.75) is 6.92 Å². The molecule has 0 aliphatic rings. The van der Waals surface area contributed by atoms with Gasteiger partial charge in [0.25, 0.3) is 0 Å². The van der Waals surface area contributed by atoms with Crippen LogP contribution in [0.15, 0.2) is 5.16 Å². The minimum atomic E-state index is 0.652. The van der Waals surface area contributed by atoms with Gasteiger partial charge < -0.3 is 4.84 Å². The number of hydrogen-bond donors (Lipinski definition) is 0. The molecular formula is C3H6INO. The molecule has 0 fully saturated rings. The highest BCUT2D eigenvalue weighted by molar-refractivity contribution is 14.1. The molecule has 6 heavy (non-hydrogen) atoms. The molecule has 0 atom stereocenters. The van der Waals surface area contributed by atoms with Crippen molar-refractivity contribution in [3.8, 4) is 0 Å². The molecule has 0 saturated heterocycles. The summed E-state index contributed by atoms with van der Waals surface area (Å²) in [5.41, 5.74) is 0. The lowest BCUT2D eigenvalue weighted by Gasteiger charge is -1.83. The van der Waals surface area contributed by atoms with Crippen LogP contribution in [-0.4, -0.2) is 10.8 Å². The Kier molecular flexibility index (Phi) is 5.37. The van der Waals surface area contributed by atoms with Crippen LogP contribution < -0.4 is 0 Å². The van der Waals surface area contributed by atoms with Crippen LogP contribution in [0.2, 0.25) is 0 Å². The van der Waals surface area contributed by atoms with Crippen LogP contribution in [0.5, 0.6) is 0 Å². The van der Waals surface area contributed by atoms with E-state index in [4.69, 9.17) is 0 Å². The second-order valence-corrected chi connectivity index (χ2v) is 1.18. The minimum absolute atomic E-state index is 0.652. The predicted molar refractivity (Wildman–Crippen MR) is 34.1 cm³/mol. The molecule has 36 valence electrons. The minimum Gasteiger partial charge on any atom is -0.396 e. The van der Waals surface area contributed by atoms with Crippen molar-refractivity contribution in [2.24, 2.45) is 5.16 Å². The maximum atomic E-state index is 4.54. The van der Waals surface area contributed by atoms with Crippen molar-refractivity contribution in [2.75, 3.05) is 6.61 Å². The molecule has 0 spiro atoms. The molecule has 0 aromatic carbocycles. The molecule has 0 rings (SSSR count). The predicted octanol–water partition coefficient (Wildman–Crippen LogP) is 1.40. The molecule has 0 amide bonds. The molecule has 0 aromatic rings. The molecule has 0 radical (unpaired) electrons. The van der Waals surface area contributed by atoms with Gasteiger partial charge in [0, 0.05) is 0 Å². The zero-order valence-corrected chi connectivity index (χ0v) is 5.68. The van der Waals surface area contributed by atoms with Gasteiger partial charge in [-0.15, -0.1) is 0 Å². The van der Waals surface area contributed by atoms with E-state index in [9.17, 15) is 0 Å². The van der Waals surface area contributed by atoms with Gasteiger partial charge in [-0.05, 0) is 29.5 Å². The van der Waals surface area contributed by atoms with E-state index >= 15 is 0 Å². The van der Waals surface area contributed by atoms with Gasteiger partial charge in [-0.2, -0.15) is 0 Å². The van der Waals surface area contributed by atoms with Crippen molar-refractivity contribution in [1.29, 1.82) is 0 Å². The van der Waals surface area contributed by atoms with Crippen molar-refractivity contribution in [3.63, 3.8) is 0 Å². The maximum Gasteiger partial charge on any atom is 0.114 e. The Morgan fingerprint density at radius 1 is 2.00 bits per heavy atom. The highest BCUT2D eigenvalue weighted by Crippen LogP contribution is 1.74. The fraction of sp³-hybridized carbons (Fsp3) is 0.667. The first-order valence-corrected chi connectivity index (χ1v) is 2.90. The maximum absolute atomic E-state index is 4.54. The first-order valence-electron chi connectivity index (χ1n) is 1.65. The topological polar surface area (TPSA) is 21.6 Å². The van der Waals surface area contributed by atoms with Crippen LogP contribution >= 0.6 is 22.6 Å². The number of nitrogens with zero attached hydrogens (tertiary/aromatic N) is 1. The summed E-state index contributed by atoms with van der Waals surface area (Å²) in [6.45, 7) is 2.54. The van der Waals surface area contributed by atoms with E-state index in [1.165, 1.54) is 0 Å². The Balaban J connectivity index is 2.66. The monoisotopic (exact) mass is 199 g/mol. The largest absolute Gasteiger partial charge is 0.396 e. The second kappa shape index (κ2) is 5.20. The quantitative estimate of drug-likeness (QED) is 0.374. The summed E-state index contributed by atoms with van der Waals surface area (Å²) >= 11 is 1.99. The zero-order valence-electron chi connectivity index (χ0n) is 3.52. The van der Waals surface area contributed by atoms with Gasteiger partial charge in [-0.1, -0.05) is 5.16 Å². The fourth-order valence-corrected chi connectivity index (χ4v) is 0.264. The number of hydrogen-bond acceptors (Lipinski definition) is 2. The summed E-state index contributed by atoms with van der Waals surface area (Å²) in [5.74, 6) is 0. The number of rotatable bonds is 2. The van der Waals surface area contributed by atoms with Crippen LogP contribution in [0.1, 0.15) is 6.92 Å². The highest BCUT2D eigenvalue weighted by Gasteiger charge is 1.61. The average molecular weight is 199 g/mol. The fourth-order valence-electron chi connectivity index (χ4n) is 0.103. The highest BCUT2D eigenvalue weighted by atomic mass is 127. The molecule has 0 saturated carbocycles. The zero-order chi connectivity index (χ0) is 4.83. The number of oxime groups is 1. The van der Waals surface area contributed by atoms with E-state index < -0.39 is 0 Å². The van der Waals surface area contributed by atoms with E-state index in [1.807, 2.05) is 29.5 Å². The SMILES string of the molecule is CCO/N=C/I. The summed E-state index contributed by atoms with van der Waals surface area (Å²) in [6.07, 6.45) is 0.